The van der Waals surface area contributed by atoms with Crippen LogP contribution >= 0.6 is 11.3 Å². The predicted octanol–water partition coefficient (Wildman–Crippen LogP) is 6.99. The minimum atomic E-state index is -3.46. The van der Waals surface area contributed by atoms with Gasteiger partial charge >= 0.3 is 0 Å². The summed E-state index contributed by atoms with van der Waals surface area (Å²) in [5.74, 6) is 0.843. The zero-order valence-electron chi connectivity index (χ0n) is 22.1. The van der Waals surface area contributed by atoms with Crippen LogP contribution in [0.1, 0.15) is 65.2 Å². The molecular formula is C29H39N3O3S2. The Morgan fingerprint density at radius 1 is 0.892 bits per heavy atom. The third kappa shape index (κ3) is 7.12. The van der Waals surface area contributed by atoms with Crippen LogP contribution in [0.4, 0.5) is 5.69 Å². The van der Waals surface area contributed by atoms with Gasteiger partial charge in [0.15, 0.2) is 4.80 Å². The maximum atomic E-state index is 13.2. The molecule has 4 rings (SSSR count). The Kier molecular flexibility index (Phi) is 10.00. The predicted molar refractivity (Wildman–Crippen MR) is 152 cm³/mol. The topological polar surface area (TPSA) is 63.9 Å². The molecule has 1 fully saturated rings. The van der Waals surface area contributed by atoms with Crippen LogP contribution in [0.2, 0.25) is 0 Å². The summed E-state index contributed by atoms with van der Waals surface area (Å²) in [6.07, 6.45) is 8.74. The third-order valence-corrected chi connectivity index (χ3v) is 9.53. The van der Waals surface area contributed by atoms with Gasteiger partial charge in [0.2, 0.25) is 10.0 Å². The Morgan fingerprint density at radius 2 is 1.59 bits per heavy atom. The molecule has 6 nitrogen and oxygen atoms in total. The molecule has 2 aromatic carbocycles. The molecule has 0 amide bonds. The number of ether oxygens (including phenoxy) is 1. The van der Waals surface area contributed by atoms with Crippen molar-refractivity contribution in [2.45, 2.75) is 76.7 Å². The number of sulfonamides is 1. The first-order valence-electron chi connectivity index (χ1n) is 13.6. The molecular weight excluding hydrogens is 502 g/mol. The molecule has 0 spiro atoms. The molecule has 0 atom stereocenters. The van der Waals surface area contributed by atoms with Gasteiger partial charge in [0, 0.05) is 25.0 Å². The number of hydrogen-bond acceptors (Lipinski definition) is 5. The van der Waals surface area contributed by atoms with Crippen LogP contribution in [0.5, 0.6) is 5.75 Å². The highest BCUT2D eigenvalue weighted by molar-refractivity contribution is 7.89. The molecule has 0 saturated carbocycles. The number of nitrogens with zero attached hydrogens (tertiary/aromatic N) is 3. The molecule has 0 bridgehead atoms. The van der Waals surface area contributed by atoms with Crippen LogP contribution in [0.25, 0.3) is 11.3 Å². The van der Waals surface area contributed by atoms with Crippen molar-refractivity contribution in [1.29, 1.82) is 0 Å². The van der Waals surface area contributed by atoms with Crippen molar-refractivity contribution in [3.05, 3.63) is 58.7 Å². The molecule has 0 aliphatic carbocycles. The first-order valence-corrected chi connectivity index (χ1v) is 15.9. The van der Waals surface area contributed by atoms with Gasteiger partial charge in [0.05, 0.1) is 22.9 Å². The lowest BCUT2D eigenvalue weighted by molar-refractivity contribution is 0.340. The van der Waals surface area contributed by atoms with Crippen LogP contribution in [-0.4, -0.2) is 37.0 Å². The summed E-state index contributed by atoms with van der Waals surface area (Å²) in [5, 5.41) is 2.13. The standard InChI is InChI=1S/C29H39N3O3S2/c1-3-5-6-11-22-32-28(23-36-29(32)30-25-14-16-26(17-15-25)35-4-2)24-12-18-27(19-13-24)37(33,34)31-20-9-7-8-10-21-31/h12-19,23H,3-11,20-22H2,1-2H3. The number of aromatic nitrogens is 1. The van der Waals surface area contributed by atoms with Crippen molar-refractivity contribution in [3.63, 3.8) is 0 Å². The lowest BCUT2D eigenvalue weighted by Gasteiger charge is -2.20. The van der Waals surface area contributed by atoms with Crippen LogP contribution in [0.15, 0.2) is 63.8 Å². The second kappa shape index (κ2) is 13.4. The lowest BCUT2D eigenvalue weighted by Crippen LogP contribution is -2.31. The van der Waals surface area contributed by atoms with Crippen LogP contribution in [0.3, 0.4) is 0 Å². The van der Waals surface area contributed by atoms with E-state index < -0.39 is 10.0 Å². The molecule has 37 heavy (non-hydrogen) atoms. The Balaban J connectivity index is 1.62. The first kappa shape index (κ1) is 27.6. The molecule has 8 heteroatoms. The average Bonchev–Trinajstić information content (AvgIpc) is 3.10. The minimum Gasteiger partial charge on any atom is -0.494 e. The fourth-order valence-electron chi connectivity index (χ4n) is 4.68. The number of hydrogen-bond donors (Lipinski definition) is 0. The van der Waals surface area contributed by atoms with Gasteiger partial charge in [0.1, 0.15) is 5.75 Å². The van der Waals surface area contributed by atoms with Gasteiger partial charge in [0.25, 0.3) is 0 Å². The maximum absolute atomic E-state index is 13.2. The Morgan fingerprint density at radius 3 is 2.24 bits per heavy atom. The molecule has 0 unspecified atom stereocenters. The highest BCUT2D eigenvalue weighted by atomic mass is 32.2. The van der Waals surface area contributed by atoms with Gasteiger partial charge in [-0.05, 0) is 68.1 Å². The summed E-state index contributed by atoms with van der Waals surface area (Å²) >= 11 is 1.62. The summed E-state index contributed by atoms with van der Waals surface area (Å²) < 4.78 is 35.9. The summed E-state index contributed by atoms with van der Waals surface area (Å²) in [4.78, 5) is 6.26. The molecule has 2 heterocycles. The van der Waals surface area contributed by atoms with E-state index in [1.165, 1.54) is 19.3 Å². The fourth-order valence-corrected chi connectivity index (χ4v) is 7.16. The Bertz CT molecular complexity index is 1290. The second-order valence-electron chi connectivity index (χ2n) is 9.50. The zero-order chi connectivity index (χ0) is 26.1. The Hall–Kier alpha value is -2.42. The first-order chi connectivity index (χ1) is 18.0. The second-order valence-corrected chi connectivity index (χ2v) is 12.3. The normalized spacial score (nSPS) is 15.6. The molecule has 3 aromatic rings. The highest BCUT2D eigenvalue weighted by Crippen LogP contribution is 2.26. The van der Waals surface area contributed by atoms with Gasteiger partial charge in [-0.2, -0.15) is 4.31 Å². The average molecular weight is 542 g/mol. The van der Waals surface area contributed by atoms with Crippen molar-refractivity contribution in [2.24, 2.45) is 4.99 Å². The number of thiazole rings is 1. The minimum absolute atomic E-state index is 0.377. The van der Waals surface area contributed by atoms with E-state index in [2.05, 4.69) is 16.9 Å². The number of benzene rings is 2. The van der Waals surface area contributed by atoms with E-state index in [0.717, 1.165) is 66.1 Å². The lowest BCUT2D eigenvalue weighted by atomic mass is 10.1. The van der Waals surface area contributed by atoms with Crippen molar-refractivity contribution in [1.82, 2.24) is 8.87 Å². The van der Waals surface area contributed by atoms with Crippen molar-refractivity contribution in [3.8, 4) is 17.0 Å². The number of rotatable bonds is 11. The van der Waals surface area contributed by atoms with Crippen molar-refractivity contribution in [2.75, 3.05) is 19.7 Å². The van der Waals surface area contributed by atoms with Gasteiger partial charge < -0.3 is 9.30 Å². The van der Waals surface area contributed by atoms with E-state index in [9.17, 15) is 8.42 Å². The molecule has 1 aromatic heterocycles. The largest absolute Gasteiger partial charge is 0.494 e. The number of unbranched alkanes of at least 4 members (excludes halogenated alkanes) is 3. The third-order valence-electron chi connectivity index (χ3n) is 6.76. The van der Waals surface area contributed by atoms with Gasteiger partial charge in [-0.1, -0.05) is 51.2 Å². The molecule has 0 radical (unpaired) electrons. The molecule has 1 aliphatic heterocycles. The fraction of sp³-hybridized carbons (Fsp3) is 0.483. The molecule has 200 valence electrons. The summed E-state index contributed by atoms with van der Waals surface area (Å²) in [7, 11) is -3.46. The summed E-state index contributed by atoms with van der Waals surface area (Å²) in [5.41, 5.74) is 2.97. The molecule has 1 saturated heterocycles. The van der Waals surface area contributed by atoms with Crippen molar-refractivity contribution >= 4 is 27.0 Å². The monoisotopic (exact) mass is 541 g/mol. The SMILES string of the molecule is CCCCCCn1c(-c2ccc(S(=O)(=O)N3CCCCCC3)cc2)csc1=Nc1ccc(OCC)cc1. The Labute approximate surface area is 225 Å². The van der Waals surface area contributed by atoms with E-state index >= 15 is 0 Å². The van der Waals surface area contributed by atoms with Crippen LogP contribution < -0.4 is 9.54 Å². The van der Waals surface area contributed by atoms with E-state index in [4.69, 9.17) is 9.73 Å². The van der Waals surface area contributed by atoms with E-state index in [0.29, 0.717) is 24.6 Å². The van der Waals surface area contributed by atoms with Gasteiger partial charge in [-0.3, -0.25) is 0 Å². The summed E-state index contributed by atoms with van der Waals surface area (Å²) in [6, 6.07) is 15.3. The van der Waals surface area contributed by atoms with Crippen LogP contribution in [0, 0.1) is 0 Å². The van der Waals surface area contributed by atoms with E-state index in [1.54, 1.807) is 27.8 Å². The zero-order valence-corrected chi connectivity index (χ0v) is 23.7. The van der Waals surface area contributed by atoms with E-state index in [1.807, 2.05) is 43.3 Å². The smallest absolute Gasteiger partial charge is 0.243 e. The van der Waals surface area contributed by atoms with Crippen molar-refractivity contribution < 1.29 is 13.2 Å². The van der Waals surface area contributed by atoms with Crippen LogP contribution in [-0.2, 0) is 16.6 Å². The molecule has 0 N–H and O–H groups in total. The molecule has 1 aliphatic rings. The van der Waals surface area contributed by atoms with Gasteiger partial charge in [-0.15, -0.1) is 11.3 Å². The highest BCUT2D eigenvalue weighted by Gasteiger charge is 2.25. The van der Waals surface area contributed by atoms with Gasteiger partial charge in [-0.25, -0.2) is 13.4 Å². The van der Waals surface area contributed by atoms with E-state index in [-0.39, 0.29) is 0 Å². The summed E-state index contributed by atoms with van der Waals surface area (Å²) in [6.45, 7) is 6.94. The quantitative estimate of drug-likeness (QED) is 0.246. The maximum Gasteiger partial charge on any atom is 0.243 e.